The van der Waals surface area contributed by atoms with Crippen LogP contribution in [-0.4, -0.2) is 69.4 Å². The zero-order chi connectivity index (χ0) is 23.3. The first-order valence-corrected chi connectivity index (χ1v) is 10.2. The number of aliphatic carboxylic acids is 1. The summed E-state index contributed by atoms with van der Waals surface area (Å²) in [6.45, 7) is 0.241. The monoisotopic (exact) mass is 441 g/mol. The predicted molar refractivity (Wildman–Crippen MR) is 108 cm³/mol. The van der Waals surface area contributed by atoms with Gasteiger partial charge >= 0.3 is 5.97 Å². The Bertz CT molecular complexity index is 959. The van der Waals surface area contributed by atoms with Crippen molar-refractivity contribution in [2.45, 2.75) is 50.2 Å². The average molecular weight is 441 g/mol. The molecule has 1 aromatic carbocycles. The Morgan fingerprint density at radius 1 is 1.19 bits per heavy atom. The Morgan fingerprint density at radius 3 is 2.56 bits per heavy atom. The van der Waals surface area contributed by atoms with Crippen LogP contribution in [0.15, 0.2) is 30.3 Å². The number of nitrogens with zero attached hydrogens (tertiary/aromatic N) is 3. The lowest BCUT2D eigenvalue weighted by Crippen LogP contribution is -2.64. The number of carbonyl (C=O) groups is 5. The second-order valence-corrected chi connectivity index (χ2v) is 7.58. The highest BCUT2D eigenvalue weighted by atomic mass is 16.4. The fourth-order valence-corrected chi connectivity index (χ4v) is 3.81. The Kier molecular flexibility index (Phi) is 7.04. The number of amides is 4. The molecule has 11 nitrogen and oxygen atoms in total. The van der Waals surface area contributed by atoms with Crippen molar-refractivity contribution in [3.8, 4) is 6.07 Å². The van der Waals surface area contributed by atoms with E-state index in [2.05, 4.69) is 10.6 Å². The summed E-state index contributed by atoms with van der Waals surface area (Å²) in [5.74, 6) is -3.42. The smallest absolute Gasteiger partial charge is 0.306 e. The summed E-state index contributed by atoms with van der Waals surface area (Å²) in [5, 5.41) is 25.3. The van der Waals surface area contributed by atoms with Crippen LogP contribution in [0.25, 0.3) is 0 Å². The summed E-state index contributed by atoms with van der Waals surface area (Å²) in [6, 6.07) is 6.62. The zero-order valence-corrected chi connectivity index (χ0v) is 17.2. The van der Waals surface area contributed by atoms with Gasteiger partial charge in [0.2, 0.25) is 11.8 Å². The fraction of sp³-hybridized carbons (Fsp3) is 0.429. The van der Waals surface area contributed by atoms with Gasteiger partial charge in [-0.2, -0.15) is 5.26 Å². The van der Waals surface area contributed by atoms with Gasteiger partial charge in [0.1, 0.15) is 18.1 Å². The van der Waals surface area contributed by atoms with Crippen LogP contribution < -0.4 is 10.6 Å². The SMILES string of the molecule is N#CC(CC(=O)O)NC(=O)C1CCCN2C(=O)CCC(NC(=O)c3ccccc3)C(=O)N12. The van der Waals surface area contributed by atoms with Gasteiger partial charge in [-0.1, -0.05) is 18.2 Å². The van der Waals surface area contributed by atoms with Crippen molar-refractivity contribution in [1.82, 2.24) is 20.7 Å². The van der Waals surface area contributed by atoms with Crippen molar-refractivity contribution in [1.29, 1.82) is 5.26 Å². The van der Waals surface area contributed by atoms with Crippen molar-refractivity contribution >= 4 is 29.6 Å². The molecular formula is C21H23N5O6. The molecule has 3 rings (SSSR count). The Hall–Kier alpha value is -3.94. The standard InChI is InChI=1S/C21H23N5O6/c22-12-14(11-18(28)29)23-20(31)16-7-4-10-25-17(27)9-8-15(21(32)26(16)25)24-19(30)13-5-2-1-3-6-13/h1-3,5-6,14-16H,4,7-11H2,(H,23,31)(H,24,30)(H,28,29). The second kappa shape index (κ2) is 9.91. The van der Waals surface area contributed by atoms with E-state index in [1.807, 2.05) is 0 Å². The van der Waals surface area contributed by atoms with Crippen LogP contribution >= 0.6 is 0 Å². The molecule has 32 heavy (non-hydrogen) atoms. The van der Waals surface area contributed by atoms with E-state index in [1.54, 1.807) is 36.4 Å². The highest BCUT2D eigenvalue weighted by Crippen LogP contribution is 2.25. The third-order valence-corrected chi connectivity index (χ3v) is 5.36. The lowest BCUT2D eigenvalue weighted by Gasteiger charge is -2.43. The largest absolute Gasteiger partial charge is 0.481 e. The van der Waals surface area contributed by atoms with E-state index in [9.17, 15) is 24.0 Å². The van der Waals surface area contributed by atoms with Crippen molar-refractivity contribution in [3.05, 3.63) is 35.9 Å². The van der Waals surface area contributed by atoms with E-state index in [4.69, 9.17) is 10.4 Å². The highest BCUT2D eigenvalue weighted by Gasteiger charge is 2.44. The van der Waals surface area contributed by atoms with E-state index in [0.717, 1.165) is 5.01 Å². The number of fused-ring (bicyclic) bond motifs is 1. The molecule has 3 N–H and O–H groups in total. The summed E-state index contributed by atoms with van der Waals surface area (Å²) in [4.78, 5) is 62.3. The number of hydrogen-bond acceptors (Lipinski definition) is 6. The molecule has 1 aromatic rings. The van der Waals surface area contributed by atoms with E-state index in [0.29, 0.717) is 12.0 Å². The quantitative estimate of drug-likeness (QED) is 0.551. The molecular weight excluding hydrogens is 418 g/mol. The topological polar surface area (TPSA) is 160 Å². The third-order valence-electron chi connectivity index (χ3n) is 5.36. The average Bonchev–Trinajstić information content (AvgIpc) is 2.90. The minimum Gasteiger partial charge on any atom is -0.481 e. The molecule has 3 unspecified atom stereocenters. The van der Waals surface area contributed by atoms with Crippen LogP contribution in [0.4, 0.5) is 0 Å². The van der Waals surface area contributed by atoms with Crippen LogP contribution in [0.2, 0.25) is 0 Å². The Balaban J connectivity index is 1.81. The van der Waals surface area contributed by atoms with Crippen molar-refractivity contribution in [3.63, 3.8) is 0 Å². The molecule has 0 spiro atoms. The number of rotatable bonds is 6. The van der Waals surface area contributed by atoms with E-state index >= 15 is 0 Å². The Morgan fingerprint density at radius 2 is 1.91 bits per heavy atom. The van der Waals surface area contributed by atoms with Crippen molar-refractivity contribution in [2.75, 3.05) is 6.54 Å². The lowest BCUT2D eigenvalue weighted by molar-refractivity contribution is -0.176. The Labute approximate surface area is 183 Å². The van der Waals surface area contributed by atoms with Gasteiger partial charge in [0.15, 0.2) is 0 Å². The zero-order valence-electron chi connectivity index (χ0n) is 17.2. The number of carbonyl (C=O) groups excluding carboxylic acids is 4. The summed E-state index contributed by atoms with van der Waals surface area (Å²) in [5.41, 5.74) is 0.353. The van der Waals surface area contributed by atoms with Gasteiger partial charge < -0.3 is 15.7 Å². The van der Waals surface area contributed by atoms with E-state index in [1.165, 1.54) is 5.01 Å². The molecule has 0 saturated carbocycles. The van der Waals surface area contributed by atoms with Gasteiger partial charge in [0.05, 0.1) is 12.5 Å². The maximum atomic E-state index is 13.3. The van der Waals surface area contributed by atoms with Gasteiger partial charge in [-0.25, -0.2) is 5.01 Å². The first-order chi connectivity index (χ1) is 15.3. The molecule has 2 saturated heterocycles. The number of nitriles is 1. The molecule has 2 fully saturated rings. The molecule has 11 heteroatoms. The fourth-order valence-electron chi connectivity index (χ4n) is 3.81. The second-order valence-electron chi connectivity index (χ2n) is 7.58. The molecule has 4 amide bonds. The first kappa shape index (κ1) is 22.7. The highest BCUT2D eigenvalue weighted by molar-refractivity contribution is 5.99. The van der Waals surface area contributed by atoms with Gasteiger partial charge in [0, 0.05) is 18.5 Å². The normalized spacial score (nSPS) is 21.6. The summed E-state index contributed by atoms with van der Waals surface area (Å²) < 4.78 is 0. The number of hydrazine groups is 1. The molecule has 2 aliphatic heterocycles. The maximum Gasteiger partial charge on any atom is 0.306 e. The summed E-state index contributed by atoms with van der Waals surface area (Å²) >= 11 is 0. The number of carboxylic acids is 1. The molecule has 2 aliphatic rings. The number of hydrogen-bond donors (Lipinski definition) is 3. The van der Waals surface area contributed by atoms with Gasteiger partial charge in [-0.15, -0.1) is 0 Å². The van der Waals surface area contributed by atoms with Crippen LogP contribution in [0.3, 0.4) is 0 Å². The van der Waals surface area contributed by atoms with Crippen LogP contribution in [0.1, 0.15) is 42.5 Å². The first-order valence-electron chi connectivity index (χ1n) is 10.2. The van der Waals surface area contributed by atoms with Crippen LogP contribution in [-0.2, 0) is 19.2 Å². The van der Waals surface area contributed by atoms with Gasteiger partial charge in [0.25, 0.3) is 11.8 Å². The summed E-state index contributed by atoms with van der Waals surface area (Å²) in [7, 11) is 0. The number of nitrogens with one attached hydrogen (secondary N) is 2. The van der Waals surface area contributed by atoms with Crippen LogP contribution in [0, 0.1) is 11.3 Å². The minimum atomic E-state index is -1.28. The maximum absolute atomic E-state index is 13.3. The predicted octanol–water partition coefficient (Wildman–Crippen LogP) is -0.204. The molecule has 168 valence electrons. The molecule has 0 aliphatic carbocycles. The van der Waals surface area contributed by atoms with Gasteiger partial charge in [-0.3, -0.25) is 29.0 Å². The molecule has 0 radical (unpaired) electrons. The minimum absolute atomic E-state index is 0.0101. The van der Waals surface area contributed by atoms with Crippen molar-refractivity contribution in [2.24, 2.45) is 0 Å². The molecule has 2 heterocycles. The molecule has 0 bridgehead atoms. The molecule has 3 atom stereocenters. The summed E-state index contributed by atoms with van der Waals surface area (Å²) in [6.07, 6.45) is 0.172. The molecule has 0 aromatic heterocycles. The number of carboxylic acid groups (broad SMARTS) is 1. The third kappa shape index (κ3) is 5.03. The van der Waals surface area contributed by atoms with Crippen LogP contribution in [0.5, 0.6) is 0 Å². The number of benzene rings is 1. The van der Waals surface area contributed by atoms with Gasteiger partial charge in [-0.05, 0) is 31.4 Å². The van der Waals surface area contributed by atoms with Crippen molar-refractivity contribution < 1.29 is 29.1 Å². The lowest BCUT2D eigenvalue weighted by atomic mass is 10.0. The van der Waals surface area contributed by atoms with E-state index in [-0.39, 0.29) is 31.7 Å². The van der Waals surface area contributed by atoms with E-state index < -0.39 is 48.2 Å².